The second kappa shape index (κ2) is 5.52. The van der Waals surface area contributed by atoms with Gasteiger partial charge in [-0.25, -0.2) is 13.8 Å². The molecule has 0 spiro atoms. The molecular formula is C15H17F2N3O. The van der Waals surface area contributed by atoms with Crippen molar-refractivity contribution < 1.29 is 13.9 Å². The molecule has 1 heterocycles. The van der Waals surface area contributed by atoms with Gasteiger partial charge in [0.2, 0.25) is 0 Å². The van der Waals surface area contributed by atoms with Gasteiger partial charge in [-0.2, -0.15) is 5.10 Å². The monoisotopic (exact) mass is 293 g/mol. The topological polar surface area (TPSA) is 50.9 Å². The molecule has 1 aliphatic rings. The lowest BCUT2D eigenvalue weighted by Crippen LogP contribution is -2.39. The maximum absolute atomic E-state index is 13.8. The average Bonchev–Trinajstić information content (AvgIpc) is 3.04. The highest BCUT2D eigenvalue weighted by Gasteiger charge is 2.41. The van der Waals surface area contributed by atoms with Crippen LogP contribution >= 0.6 is 0 Å². The molecule has 1 saturated carbocycles. The SMILES string of the molecule is OC1(Cn2cncn2)CCCC1Cc1ccc(F)cc1F. The summed E-state index contributed by atoms with van der Waals surface area (Å²) in [5, 5.41) is 14.9. The van der Waals surface area contributed by atoms with Crippen LogP contribution in [-0.2, 0) is 13.0 Å². The fourth-order valence-corrected chi connectivity index (χ4v) is 3.18. The summed E-state index contributed by atoms with van der Waals surface area (Å²) in [4.78, 5) is 3.87. The van der Waals surface area contributed by atoms with Gasteiger partial charge < -0.3 is 5.11 Å². The number of rotatable bonds is 4. The predicted octanol–water partition coefficient (Wildman–Crippen LogP) is 2.33. The van der Waals surface area contributed by atoms with E-state index in [4.69, 9.17) is 0 Å². The standard InChI is InChI=1S/C15H17F2N3O/c16-13-4-3-11(14(17)7-13)6-12-2-1-5-15(12,21)8-20-10-18-9-19-20/h3-4,7,9-10,12,21H,1-2,5-6,8H2. The highest BCUT2D eigenvalue weighted by molar-refractivity contribution is 5.20. The molecule has 2 unspecified atom stereocenters. The molecule has 0 saturated heterocycles. The second-order valence-electron chi connectivity index (χ2n) is 5.73. The van der Waals surface area contributed by atoms with E-state index >= 15 is 0 Å². The number of nitrogens with zero attached hydrogens (tertiary/aromatic N) is 3. The molecule has 6 heteroatoms. The highest BCUT2D eigenvalue weighted by Crippen LogP contribution is 2.39. The molecule has 0 radical (unpaired) electrons. The molecule has 1 aliphatic carbocycles. The Morgan fingerprint density at radius 3 is 2.95 bits per heavy atom. The Bertz CT molecular complexity index is 617. The van der Waals surface area contributed by atoms with E-state index in [-0.39, 0.29) is 5.92 Å². The van der Waals surface area contributed by atoms with Gasteiger partial charge >= 0.3 is 0 Å². The van der Waals surface area contributed by atoms with Gasteiger partial charge in [-0.1, -0.05) is 12.5 Å². The summed E-state index contributed by atoms with van der Waals surface area (Å²) >= 11 is 0. The van der Waals surface area contributed by atoms with E-state index in [9.17, 15) is 13.9 Å². The molecule has 0 bridgehead atoms. The zero-order valence-corrected chi connectivity index (χ0v) is 11.5. The third-order valence-corrected chi connectivity index (χ3v) is 4.31. The smallest absolute Gasteiger partial charge is 0.137 e. The van der Waals surface area contributed by atoms with Gasteiger partial charge in [-0.3, -0.25) is 4.68 Å². The van der Waals surface area contributed by atoms with Crippen molar-refractivity contribution in [1.82, 2.24) is 14.8 Å². The van der Waals surface area contributed by atoms with Crippen LogP contribution in [0.5, 0.6) is 0 Å². The number of benzene rings is 1. The Hall–Kier alpha value is -1.82. The van der Waals surface area contributed by atoms with Crippen LogP contribution in [0, 0.1) is 17.6 Å². The van der Waals surface area contributed by atoms with Crippen LogP contribution in [0.1, 0.15) is 24.8 Å². The van der Waals surface area contributed by atoms with Crippen LogP contribution in [-0.4, -0.2) is 25.5 Å². The molecule has 0 aliphatic heterocycles. The Balaban J connectivity index is 1.77. The summed E-state index contributed by atoms with van der Waals surface area (Å²) in [7, 11) is 0. The van der Waals surface area contributed by atoms with Crippen LogP contribution in [0.15, 0.2) is 30.9 Å². The van der Waals surface area contributed by atoms with E-state index in [1.807, 2.05) is 0 Å². The number of halogens is 2. The van der Waals surface area contributed by atoms with Crippen molar-refractivity contribution in [1.29, 1.82) is 0 Å². The maximum Gasteiger partial charge on any atom is 0.137 e. The fraction of sp³-hybridized carbons (Fsp3) is 0.467. The summed E-state index contributed by atoms with van der Waals surface area (Å²) in [5.41, 5.74) is -0.477. The minimum atomic E-state index is -0.922. The van der Waals surface area contributed by atoms with Gasteiger partial charge in [0.05, 0.1) is 12.1 Å². The summed E-state index contributed by atoms with van der Waals surface area (Å²) in [5.74, 6) is -1.20. The zero-order valence-electron chi connectivity index (χ0n) is 11.5. The molecule has 4 nitrogen and oxygen atoms in total. The molecule has 2 atom stereocenters. The van der Waals surface area contributed by atoms with E-state index in [1.165, 1.54) is 18.5 Å². The van der Waals surface area contributed by atoms with Crippen molar-refractivity contribution in [2.45, 2.75) is 37.8 Å². The summed E-state index contributed by atoms with van der Waals surface area (Å²) in [6, 6.07) is 3.60. The third kappa shape index (κ3) is 2.95. The minimum Gasteiger partial charge on any atom is -0.388 e. The van der Waals surface area contributed by atoms with Gasteiger partial charge in [0.25, 0.3) is 0 Å². The first-order valence-electron chi connectivity index (χ1n) is 7.05. The molecular weight excluding hydrogens is 276 g/mol. The molecule has 1 N–H and O–H groups in total. The summed E-state index contributed by atoms with van der Waals surface area (Å²) < 4.78 is 28.3. The van der Waals surface area contributed by atoms with Crippen molar-refractivity contribution in [3.63, 3.8) is 0 Å². The van der Waals surface area contributed by atoms with Crippen LogP contribution < -0.4 is 0 Å². The first-order chi connectivity index (χ1) is 10.1. The van der Waals surface area contributed by atoms with Crippen LogP contribution in [0.2, 0.25) is 0 Å². The largest absolute Gasteiger partial charge is 0.388 e. The molecule has 1 aromatic heterocycles. The van der Waals surface area contributed by atoms with Crippen molar-refractivity contribution in [2.24, 2.45) is 5.92 Å². The minimum absolute atomic E-state index is 0.0679. The number of hydrogen-bond acceptors (Lipinski definition) is 3. The number of aromatic nitrogens is 3. The lowest BCUT2D eigenvalue weighted by molar-refractivity contribution is -0.0165. The van der Waals surface area contributed by atoms with Gasteiger partial charge in [-0.05, 0) is 36.8 Å². The first kappa shape index (κ1) is 14.1. The lowest BCUT2D eigenvalue weighted by atomic mass is 9.85. The Kier molecular flexibility index (Phi) is 3.71. The number of hydrogen-bond donors (Lipinski definition) is 1. The van der Waals surface area contributed by atoms with Crippen LogP contribution in [0.3, 0.4) is 0 Å². The second-order valence-corrected chi connectivity index (χ2v) is 5.73. The normalized spacial score (nSPS) is 25.4. The Labute approximate surface area is 121 Å². The van der Waals surface area contributed by atoms with Gasteiger partial charge in [-0.15, -0.1) is 0 Å². The molecule has 1 fully saturated rings. The van der Waals surface area contributed by atoms with E-state index in [0.29, 0.717) is 24.9 Å². The molecule has 3 rings (SSSR count). The van der Waals surface area contributed by atoms with E-state index in [2.05, 4.69) is 10.1 Å². The quantitative estimate of drug-likeness (QED) is 0.941. The van der Waals surface area contributed by atoms with Crippen molar-refractivity contribution in [2.75, 3.05) is 0 Å². The van der Waals surface area contributed by atoms with Gasteiger partial charge in [0.15, 0.2) is 0 Å². The van der Waals surface area contributed by atoms with E-state index < -0.39 is 17.2 Å². The van der Waals surface area contributed by atoms with Gasteiger partial charge in [0, 0.05) is 6.07 Å². The van der Waals surface area contributed by atoms with E-state index in [0.717, 1.165) is 18.9 Å². The summed E-state index contributed by atoms with van der Waals surface area (Å²) in [6.45, 7) is 0.348. The Morgan fingerprint density at radius 1 is 1.38 bits per heavy atom. The Morgan fingerprint density at radius 2 is 2.24 bits per heavy atom. The van der Waals surface area contributed by atoms with Crippen molar-refractivity contribution in [3.05, 3.63) is 48.1 Å². The highest BCUT2D eigenvalue weighted by atomic mass is 19.1. The molecule has 2 aromatic rings. The van der Waals surface area contributed by atoms with Crippen LogP contribution in [0.25, 0.3) is 0 Å². The first-order valence-corrected chi connectivity index (χ1v) is 7.05. The lowest BCUT2D eigenvalue weighted by Gasteiger charge is -2.30. The zero-order chi connectivity index (χ0) is 14.9. The molecule has 0 amide bonds. The van der Waals surface area contributed by atoms with Crippen molar-refractivity contribution in [3.8, 4) is 0 Å². The van der Waals surface area contributed by atoms with Gasteiger partial charge in [0.1, 0.15) is 24.3 Å². The predicted molar refractivity (Wildman–Crippen MR) is 72.4 cm³/mol. The molecule has 21 heavy (non-hydrogen) atoms. The average molecular weight is 293 g/mol. The van der Waals surface area contributed by atoms with Crippen LogP contribution in [0.4, 0.5) is 8.78 Å². The fourth-order valence-electron chi connectivity index (χ4n) is 3.18. The van der Waals surface area contributed by atoms with Crippen molar-refractivity contribution >= 4 is 0 Å². The van der Waals surface area contributed by atoms with E-state index in [1.54, 1.807) is 11.0 Å². The third-order valence-electron chi connectivity index (χ3n) is 4.31. The maximum atomic E-state index is 13.8. The molecule has 1 aromatic carbocycles. The summed E-state index contributed by atoms with van der Waals surface area (Å²) in [6.07, 6.45) is 5.75. The number of aliphatic hydroxyl groups is 1. The molecule has 112 valence electrons.